The molecule has 22 heavy (non-hydrogen) atoms. The molecule has 1 aliphatic carbocycles. The summed E-state index contributed by atoms with van der Waals surface area (Å²) in [6.07, 6.45) is 0.856. The minimum atomic E-state index is -0.390. The maximum absolute atomic E-state index is 12.2. The van der Waals surface area contributed by atoms with Crippen LogP contribution in [0.1, 0.15) is 30.9 Å². The van der Waals surface area contributed by atoms with Crippen LogP contribution in [0.15, 0.2) is 34.9 Å². The average Bonchev–Trinajstić information content (AvgIpc) is 2.91. The fourth-order valence-electron chi connectivity index (χ4n) is 3.18. The summed E-state index contributed by atoms with van der Waals surface area (Å²) in [4.78, 5) is 23.6. The molecule has 0 bridgehead atoms. The molecule has 4 rings (SSSR count). The summed E-state index contributed by atoms with van der Waals surface area (Å²) in [7, 11) is 0. The van der Waals surface area contributed by atoms with Crippen molar-refractivity contribution in [3.8, 4) is 5.75 Å². The molecular formula is C17H13NO4. The van der Waals surface area contributed by atoms with Crippen molar-refractivity contribution in [1.29, 1.82) is 0 Å². The number of carbonyl (C=O) groups excluding carboxylic acids is 2. The molecule has 1 heterocycles. The van der Waals surface area contributed by atoms with E-state index in [0.717, 1.165) is 16.2 Å². The molecule has 0 amide bonds. The zero-order valence-electron chi connectivity index (χ0n) is 11.7. The van der Waals surface area contributed by atoms with Crippen molar-refractivity contribution < 1.29 is 19.2 Å². The van der Waals surface area contributed by atoms with Crippen molar-refractivity contribution >= 4 is 33.3 Å². The molecule has 0 saturated heterocycles. The van der Waals surface area contributed by atoms with Crippen molar-refractivity contribution in [2.24, 2.45) is 0 Å². The summed E-state index contributed by atoms with van der Waals surface area (Å²) in [6, 6.07) is 8.69. The summed E-state index contributed by atoms with van der Waals surface area (Å²) in [5.74, 6) is -0.311. The second-order valence-corrected chi connectivity index (χ2v) is 5.68. The van der Waals surface area contributed by atoms with Crippen molar-refractivity contribution in [2.75, 3.05) is 0 Å². The predicted octanol–water partition coefficient (Wildman–Crippen LogP) is 3.09. The Kier molecular flexibility index (Phi) is 2.76. The number of phenolic OH excluding ortho intramolecular Hbond substituents is 1. The quantitative estimate of drug-likeness (QED) is 0.698. The van der Waals surface area contributed by atoms with Gasteiger partial charge >= 0.3 is 0 Å². The van der Waals surface area contributed by atoms with E-state index in [0.29, 0.717) is 24.1 Å². The molecule has 5 heteroatoms. The Morgan fingerprint density at radius 3 is 2.86 bits per heavy atom. The highest BCUT2D eigenvalue weighted by Crippen LogP contribution is 2.37. The minimum absolute atomic E-state index is 0.0103. The van der Waals surface area contributed by atoms with Crippen LogP contribution in [0.2, 0.25) is 0 Å². The van der Waals surface area contributed by atoms with Crippen LogP contribution >= 0.6 is 0 Å². The van der Waals surface area contributed by atoms with Gasteiger partial charge in [0.15, 0.2) is 5.58 Å². The number of nitrogens with zero attached hydrogens (tertiary/aromatic N) is 1. The summed E-state index contributed by atoms with van der Waals surface area (Å²) >= 11 is 0. The Morgan fingerprint density at radius 1 is 1.18 bits per heavy atom. The molecule has 2 aromatic carbocycles. The first-order valence-electron chi connectivity index (χ1n) is 7.19. The lowest BCUT2D eigenvalue weighted by atomic mass is 9.83. The van der Waals surface area contributed by atoms with E-state index in [1.807, 2.05) is 6.07 Å². The number of hydrogen-bond donors (Lipinski definition) is 1. The monoisotopic (exact) mass is 295 g/mol. The van der Waals surface area contributed by atoms with E-state index in [-0.39, 0.29) is 23.7 Å². The van der Waals surface area contributed by atoms with Gasteiger partial charge in [-0.1, -0.05) is 11.2 Å². The van der Waals surface area contributed by atoms with Gasteiger partial charge in [-0.05, 0) is 41.5 Å². The first-order valence-corrected chi connectivity index (χ1v) is 7.19. The molecule has 1 saturated carbocycles. The standard InChI is InChI=1S/C17H13NO4/c19-10-2-4-12-9(7-10)1-6-15-16(12)17(18-22-15)13-5-3-11(20)8-14(13)21/h1-2,4,6-7,13,19H,3,5,8H2/t13-/m0/s1. The maximum atomic E-state index is 12.2. The third-order valence-corrected chi connectivity index (χ3v) is 4.27. The van der Waals surface area contributed by atoms with Crippen LogP contribution in [0, 0.1) is 0 Å². The largest absolute Gasteiger partial charge is 0.508 e. The second kappa shape index (κ2) is 4.66. The molecule has 3 aromatic rings. The number of ketones is 2. The van der Waals surface area contributed by atoms with Gasteiger partial charge in [0.25, 0.3) is 0 Å². The number of fused-ring (bicyclic) bond motifs is 3. The van der Waals surface area contributed by atoms with E-state index >= 15 is 0 Å². The fourth-order valence-corrected chi connectivity index (χ4v) is 3.18. The van der Waals surface area contributed by atoms with Crippen LogP contribution in [-0.4, -0.2) is 21.8 Å². The van der Waals surface area contributed by atoms with E-state index in [9.17, 15) is 14.7 Å². The maximum Gasteiger partial charge on any atom is 0.167 e. The molecule has 0 aliphatic heterocycles. The number of phenols is 1. The fraction of sp³-hybridized carbons (Fsp3) is 0.235. The number of aromatic nitrogens is 1. The third kappa shape index (κ3) is 1.89. The molecule has 1 atom stereocenters. The van der Waals surface area contributed by atoms with Gasteiger partial charge in [0, 0.05) is 6.42 Å². The highest BCUT2D eigenvalue weighted by Gasteiger charge is 2.32. The van der Waals surface area contributed by atoms with Crippen molar-refractivity contribution in [1.82, 2.24) is 5.16 Å². The van der Waals surface area contributed by atoms with Crippen molar-refractivity contribution in [2.45, 2.75) is 25.2 Å². The highest BCUT2D eigenvalue weighted by molar-refractivity contribution is 6.11. The Morgan fingerprint density at radius 2 is 2.05 bits per heavy atom. The lowest BCUT2D eigenvalue weighted by Crippen LogP contribution is -2.23. The van der Waals surface area contributed by atoms with Crippen molar-refractivity contribution in [3.05, 3.63) is 36.0 Å². The Labute approximate surface area is 125 Å². The van der Waals surface area contributed by atoms with E-state index in [1.165, 1.54) is 0 Å². The molecular weight excluding hydrogens is 282 g/mol. The Hall–Kier alpha value is -2.69. The van der Waals surface area contributed by atoms with Crippen molar-refractivity contribution in [3.63, 3.8) is 0 Å². The summed E-state index contributed by atoms with van der Waals surface area (Å²) < 4.78 is 5.37. The van der Waals surface area contributed by atoms with E-state index < -0.39 is 5.92 Å². The number of carbonyl (C=O) groups is 2. The smallest absolute Gasteiger partial charge is 0.167 e. The summed E-state index contributed by atoms with van der Waals surface area (Å²) in [6.45, 7) is 0. The molecule has 1 aliphatic rings. The molecule has 0 radical (unpaired) electrons. The predicted molar refractivity (Wildman–Crippen MR) is 79.8 cm³/mol. The third-order valence-electron chi connectivity index (χ3n) is 4.27. The Balaban J connectivity index is 1.95. The lowest BCUT2D eigenvalue weighted by molar-refractivity contribution is -0.130. The number of aromatic hydroxyl groups is 1. The normalized spacial score (nSPS) is 19.2. The van der Waals surface area contributed by atoms with E-state index in [1.54, 1.807) is 24.3 Å². The van der Waals surface area contributed by atoms with Gasteiger partial charge in [-0.25, -0.2) is 0 Å². The van der Waals surface area contributed by atoms with Gasteiger partial charge < -0.3 is 9.63 Å². The van der Waals surface area contributed by atoms with Crippen LogP contribution in [0.25, 0.3) is 21.7 Å². The molecule has 5 nitrogen and oxygen atoms in total. The SMILES string of the molecule is O=C1CC[C@H](c2noc3ccc4cc(O)ccc4c23)C(=O)C1. The molecule has 110 valence electrons. The highest BCUT2D eigenvalue weighted by atomic mass is 16.5. The molecule has 1 fully saturated rings. The topological polar surface area (TPSA) is 80.4 Å². The van der Waals surface area contributed by atoms with Crippen LogP contribution in [0.5, 0.6) is 5.75 Å². The lowest BCUT2D eigenvalue weighted by Gasteiger charge is -2.17. The first kappa shape index (κ1) is 13.0. The number of rotatable bonds is 1. The molecule has 1 aromatic heterocycles. The number of benzene rings is 2. The van der Waals surface area contributed by atoms with Crippen LogP contribution in [-0.2, 0) is 9.59 Å². The van der Waals surface area contributed by atoms with E-state index in [2.05, 4.69) is 5.16 Å². The zero-order valence-corrected chi connectivity index (χ0v) is 11.7. The Bertz CT molecular complexity index is 925. The van der Waals surface area contributed by atoms with Crippen LogP contribution in [0.4, 0.5) is 0 Å². The van der Waals surface area contributed by atoms with Crippen LogP contribution < -0.4 is 0 Å². The van der Waals surface area contributed by atoms with Gasteiger partial charge in [0.1, 0.15) is 23.0 Å². The number of hydrogen-bond acceptors (Lipinski definition) is 5. The summed E-state index contributed by atoms with van der Waals surface area (Å²) in [5.41, 5.74) is 1.21. The van der Waals surface area contributed by atoms with Crippen LogP contribution in [0.3, 0.4) is 0 Å². The van der Waals surface area contributed by atoms with Gasteiger partial charge in [-0.15, -0.1) is 0 Å². The average molecular weight is 295 g/mol. The zero-order chi connectivity index (χ0) is 15.3. The summed E-state index contributed by atoms with van der Waals surface area (Å²) in [5, 5.41) is 16.2. The minimum Gasteiger partial charge on any atom is -0.508 e. The first-order chi connectivity index (χ1) is 10.6. The molecule has 0 unspecified atom stereocenters. The van der Waals surface area contributed by atoms with Gasteiger partial charge in [0.05, 0.1) is 17.7 Å². The molecule has 0 spiro atoms. The van der Waals surface area contributed by atoms with Gasteiger partial charge in [0.2, 0.25) is 0 Å². The van der Waals surface area contributed by atoms with Gasteiger partial charge in [-0.2, -0.15) is 0 Å². The second-order valence-electron chi connectivity index (χ2n) is 5.68. The van der Waals surface area contributed by atoms with E-state index in [4.69, 9.17) is 4.52 Å². The number of Topliss-reactive ketones (excluding diaryl/α,β-unsaturated/α-hetero) is 2. The molecule has 1 N–H and O–H groups in total. The van der Waals surface area contributed by atoms with Gasteiger partial charge in [-0.3, -0.25) is 9.59 Å².